The van der Waals surface area contributed by atoms with E-state index in [1.54, 1.807) is 12.1 Å². The molecule has 180 valence electrons. The molecule has 1 saturated heterocycles. The smallest absolute Gasteiger partial charge is 0.295 e. The van der Waals surface area contributed by atoms with Crippen LogP contribution in [0.3, 0.4) is 0 Å². The van der Waals surface area contributed by atoms with Crippen molar-refractivity contribution in [3.05, 3.63) is 117 Å². The quantitative estimate of drug-likeness (QED) is 0.131. The highest BCUT2D eigenvalue weighted by molar-refractivity contribution is 6.46. The first-order valence-electron chi connectivity index (χ1n) is 11.5. The van der Waals surface area contributed by atoms with Crippen LogP contribution < -0.4 is 0 Å². The molecule has 8 nitrogen and oxygen atoms in total. The van der Waals surface area contributed by atoms with Crippen molar-refractivity contribution in [2.24, 2.45) is 0 Å². The third-order valence-corrected chi connectivity index (χ3v) is 6.58. The van der Waals surface area contributed by atoms with Crippen molar-refractivity contribution in [3.8, 4) is 0 Å². The second-order valence-corrected chi connectivity index (χ2v) is 8.82. The molecule has 0 unspecified atom stereocenters. The minimum Gasteiger partial charge on any atom is -0.507 e. The first kappa shape index (κ1) is 23.0. The second kappa shape index (κ2) is 9.14. The molecule has 4 aromatic rings. The molecule has 1 aliphatic rings. The average molecular weight is 482 g/mol. The SMILES string of the molecule is Cc1ccc(C(O)=C2C(=O)C(=O)N(CCc3c[nH]c4ccccc34)[C@@H]2c2ccc([N+](=O)[O-])cc2)cc1. The van der Waals surface area contributed by atoms with Crippen LogP contribution in [0.2, 0.25) is 0 Å². The molecule has 0 aliphatic carbocycles. The van der Waals surface area contributed by atoms with Gasteiger partial charge in [-0.2, -0.15) is 0 Å². The number of rotatable bonds is 6. The molecule has 1 atom stereocenters. The second-order valence-electron chi connectivity index (χ2n) is 8.82. The van der Waals surface area contributed by atoms with E-state index < -0.39 is 22.7 Å². The van der Waals surface area contributed by atoms with Crippen molar-refractivity contribution < 1.29 is 19.6 Å². The first-order chi connectivity index (χ1) is 17.3. The number of nitrogens with zero attached hydrogens (tertiary/aromatic N) is 2. The molecule has 1 aromatic heterocycles. The number of amides is 1. The van der Waals surface area contributed by atoms with E-state index in [0.29, 0.717) is 17.5 Å². The molecule has 36 heavy (non-hydrogen) atoms. The lowest BCUT2D eigenvalue weighted by Crippen LogP contribution is -2.31. The predicted octanol–water partition coefficient (Wildman–Crippen LogP) is 5.05. The summed E-state index contributed by atoms with van der Waals surface area (Å²) in [6.07, 6.45) is 2.36. The van der Waals surface area contributed by atoms with Gasteiger partial charge in [0.05, 0.1) is 16.5 Å². The van der Waals surface area contributed by atoms with Gasteiger partial charge in [0.1, 0.15) is 5.76 Å². The van der Waals surface area contributed by atoms with Gasteiger partial charge in [-0.25, -0.2) is 0 Å². The number of nitrogens with one attached hydrogen (secondary N) is 1. The number of nitro benzene ring substituents is 1. The maximum Gasteiger partial charge on any atom is 0.295 e. The van der Waals surface area contributed by atoms with Gasteiger partial charge >= 0.3 is 0 Å². The molecule has 1 amide bonds. The third-order valence-electron chi connectivity index (χ3n) is 6.58. The summed E-state index contributed by atoms with van der Waals surface area (Å²) in [7, 11) is 0. The van der Waals surface area contributed by atoms with Crippen LogP contribution in [0.25, 0.3) is 16.7 Å². The van der Waals surface area contributed by atoms with E-state index in [-0.39, 0.29) is 23.6 Å². The molecule has 5 rings (SSSR count). The van der Waals surface area contributed by atoms with Crippen LogP contribution in [-0.2, 0) is 16.0 Å². The average Bonchev–Trinajstić information content (AvgIpc) is 3.41. The van der Waals surface area contributed by atoms with E-state index in [2.05, 4.69) is 4.98 Å². The number of aliphatic hydroxyl groups is 1. The number of nitro groups is 1. The number of likely N-dealkylation sites (tertiary alicyclic amines) is 1. The number of non-ortho nitro benzene ring substituents is 1. The summed E-state index contributed by atoms with van der Waals surface area (Å²) in [4.78, 5) is 41.7. The summed E-state index contributed by atoms with van der Waals surface area (Å²) in [6, 6.07) is 19.7. The first-order valence-corrected chi connectivity index (χ1v) is 11.5. The van der Waals surface area contributed by atoms with Gasteiger partial charge in [-0.15, -0.1) is 0 Å². The summed E-state index contributed by atoms with van der Waals surface area (Å²) in [5.74, 6) is -1.77. The zero-order valence-corrected chi connectivity index (χ0v) is 19.5. The number of H-pyrrole nitrogens is 1. The van der Waals surface area contributed by atoms with Crippen molar-refractivity contribution in [2.45, 2.75) is 19.4 Å². The minimum atomic E-state index is -0.877. The van der Waals surface area contributed by atoms with E-state index in [0.717, 1.165) is 22.0 Å². The van der Waals surface area contributed by atoms with Gasteiger partial charge < -0.3 is 15.0 Å². The number of hydrogen-bond acceptors (Lipinski definition) is 5. The number of fused-ring (bicyclic) bond motifs is 1. The lowest BCUT2D eigenvalue weighted by atomic mass is 9.94. The molecule has 0 spiro atoms. The maximum absolute atomic E-state index is 13.2. The van der Waals surface area contributed by atoms with E-state index >= 15 is 0 Å². The van der Waals surface area contributed by atoms with Crippen molar-refractivity contribution in [3.63, 3.8) is 0 Å². The molecule has 2 N–H and O–H groups in total. The Balaban J connectivity index is 1.57. The van der Waals surface area contributed by atoms with Crippen molar-refractivity contribution in [2.75, 3.05) is 6.54 Å². The lowest BCUT2D eigenvalue weighted by Gasteiger charge is -2.25. The summed E-state index contributed by atoms with van der Waals surface area (Å²) in [5, 5.41) is 23.3. The van der Waals surface area contributed by atoms with E-state index in [1.807, 2.05) is 49.5 Å². The van der Waals surface area contributed by atoms with E-state index in [9.17, 15) is 24.8 Å². The number of hydrogen-bond donors (Lipinski definition) is 2. The highest BCUT2D eigenvalue weighted by atomic mass is 16.6. The van der Waals surface area contributed by atoms with Gasteiger partial charge in [-0.05, 0) is 42.7 Å². The molecule has 0 radical (unpaired) electrons. The number of aromatic amines is 1. The number of aryl methyl sites for hydroxylation is 1. The number of para-hydroxylation sites is 1. The van der Waals surface area contributed by atoms with Gasteiger partial charge in [-0.1, -0.05) is 48.0 Å². The van der Waals surface area contributed by atoms with Crippen LogP contribution in [-0.4, -0.2) is 38.1 Å². The number of ketones is 1. The molecule has 0 bridgehead atoms. The van der Waals surface area contributed by atoms with Crippen molar-refractivity contribution >= 4 is 34.0 Å². The Hall–Kier alpha value is -4.72. The number of aromatic nitrogens is 1. The predicted molar refractivity (Wildman–Crippen MR) is 135 cm³/mol. The largest absolute Gasteiger partial charge is 0.507 e. The van der Waals surface area contributed by atoms with E-state index in [1.165, 1.54) is 29.2 Å². The Morgan fingerprint density at radius 1 is 1.03 bits per heavy atom. The van der Waals surface area contributed by atoms with Crippen LogP contribution in [0, 0.1) is 17.0 Å². The van der Waals surface area contributed by atoms with Crippen LogP contribution in [0.15, 0.2) is 84.6 Å². The number of aliphatic hydroxyl groups excluding tert-OH is 1. The molecule has 8 heteroatoms. The summed E-state index contributed by atoms with van der Waals surface area (Å²) in [6.45, 7) is 2.13. The van der Waals surface area contributed by atoms with Gasteiger partial charge in [0.15, 0.2) is 0 Å². The van der Waals surface area contributed by atoms with Crippen LogP contribution in [0.5, 0.6) is 0 Å². The van der Waals surface area contributed by atoms with Crippen LogP contribution in [0.4, 0.5) is 5.69 Å². The molecule has 0 saturated carbocycles. The number of carbonyl (C=O) groups excluding carboxylic acids is 2. The highest BCUT2D eigenvalue weighted by Gasteiger charge is 2.46. The molecule has 1 fully saturated rings. The summed E-state index contributed by atoms with van der Waals surface area (Å²) in [5.41, 5.74) is 3.74. The maximum atomic E-state index is 13.2. The monoisotopic (exact) mass is 481 g/mol. The van der Waals surface area contributed by atoms with Gasteiger partial charge in [-0.3, -0.25) is 19.7 Å². The van der Waals surface area contributed by atoms with Crippen molar-refractivity contribution in [1.29, 1.82) is 0 Å². The molecular weight excluding hydrogens is 458 g/mol. The summed E-state index contributed by atoms with van der Waals surface area (Å²) >= 11 is 0. The number of carbonyl (C=O) groups is 2. The minimum absolute atomic E-state index is 0.0309. The third kappa shape index (κ3) is 4.02. The standard InChI is InChI=1S/C28H23N3O5/c1-17-6-8-19(9-7-17)26(32)24-25(18-10-12-21(13-11-18)31(35)36)30(28(34)27(24)33)15-14-20-16-29-23-5-3-2-4-22(20)23/h2-13,16,25,29,32H,14-15H2,1H3/t25-/m1/s1. The zero-order valence-electron chi connectivity index (χ0n) is 19.5. The van der Waals surface area contributed by atoms with Gasteiger partial charge in [0.25, 0.3) is 17.4 Å². The topological polar surface area (TPSA) is 117 Å². The Kier molecular flexibility index (Phi) is 5.85. The van der Waals surface area contributed by atoms with Crippen molar-refractivity contribution in [1.82, 2.24) is 9.88 Å². The van der Waals surface area contributed by atoms with Crippen LogP contribution in [0.1, 0.15) is 28.3 Å². The fourth-order valence-electron chi connectivity index (χ4n) is 4.68. The lowest BCUT2D eigenvalue weighted by molar-refractivity contribution is -0.384. The fourth-order valence-corrected chi connectivity index (χ4v) is 4.68. The molecule has 1 aliphatic heterocycles. The Labute approximate surface area is 206 Å². The molecule has 3 aromatic carbocycles. The number of Topliss-reactive ketones (excluding diaryl/α,β-unsaturated/α-hetero) is 1. The normalized spacial score (nSPS) is 17.1. The summed E-state index contributed by atoms with van der Waals surface area (Å²) < 4.78 is 0. The van der Waals surface area contributed by atoms with E-state index in [4.69, 9.17) is 0 Å². The molecule has 2 heterocycles. The Morgan fingerprint density at radius 2 is 1.72 bits per heavy atom. The highest BCUT2D eigenvalue weighted by Crippen LogP contribution is 2.40. The van der Waals surface area contributed by atoms with Gasteiger partial charge in [0.2, 0.25) is 0 Å². The number of benzene rings is 3. The fraction of sp³-hybridized carbons (Fsp3) is 0.143. The molecular formula is C28H23N3O5. The van der Waals surface area contributed by atoms with Gasteiger partial charge in [0, 0.05) is 41.3 Å². The Bertz CT molecular complexity index is 1520. The van der Waals surface area contributed by atoms with Crippen LogP contribution >= 0.6 is 0 Å². The Morgan fingerprint density at radius 3 is 2.42 bits per heavy atom. The zero-order chi connectivity index (χ0) is 25.4.